The van der Waals surface area contributed by atoms with Gasteiger partial charge >= 0.3 is 5.97 Å². The smallest absolute Gasteiger partial charge is 0.311 e. The maximum atomic E-state index is 12.1. The van der Waals surface area contributed by atoms with Crippen LogP contribution in [0.15, 0.2) is 0 Å². The zero-order valence-electron chi connectivity index (χ0n) is 15.4. The zero-order chi connectivity index (χ0) is 16.9. The van der Waals surface area contributed by atoms with E-state index in [4.69, 9.17) is 4.74 Å². The predicted octanol–water partition coefficient (Wildman–Crippen LogP) is 5.39. The quantitative estimate of drug-likeness (QED) is 0.364. The minimum atomic E-state index is -0.493. The van der Waals surface area contributed by atoms with Gasteiger partial charge in [-0.3, -0.25) is 4.79 Å². The molecule has 3 nitrogen and oxygen atoms in total. The number of cyclic esters (lactones) is 1. The molecule has 0 aromatic heterocycles. The molecule has 3 heteroatoms. The van der Waals surface area contributed by atoms with E-state index in [-0.39, 0.29) is 18.0 Å². The molecule has 1 saturated heterocycles. The number of hydrogen-bond donors (Lipinski definition) is 1. The van der Waals surface area contributed by atoms with Crippen LogP contribution in [-0.4, -0.2) is 23.3 Å². The van der Waals surface area contributed by atoms with Crippen LogP contribution in [0.25, 0.3) is 0 Å². The second-order valence-corrected chi connectivity index (χ2v) is 7.23. The van der Waals surface area contributed by atoms with Crippen molar-refractivity contribution < 1.29 is 14.6 Å². The molecule has 1 aliphatic rings. The molecule has 23 heavy (non-hydrogen) atoms. The van der Waals surface area contributed by atoms with E-state index < -0.39 is 6.10 Å². The zero-order valence-corrected chi connectivity index (χ0v) is 15.4. The van der Waals surface area contributed by atoms with Crippen molar-refractivity contribution in [1.29, 1.82) is 0 Å². The van der Waals surface area contributed by atoms with E-state index >= 15 is 0 Å². The Hall–Kier alpha value is -0.570. The van der Waals surface area contributed by atoms with Crippen LogP contribution in [0.2, 0.25) is 0 Å². The first kappa shape index (κ1) is 20.5. The SMILES string of the molecule is CCCCCCCCC[C@@H]1C[C@H](O)[C@H](CCCCCC)C(=O)O1. The van der Waals surface area contributed by atoms with Gasteiger partial charge in [0.1, 0.15) is 6.10 Å². The van der Waals surface area contributed by atoms with Gasteiger partial charge in [-0.15, -0.1) is 0 Å². The molecule has 0 spiro atoms. The second-order valence-electron chi connectivity index (χ2n) is 7.23. The third-order valence-electron chi connectivity index (χ3n) is 5.05. The Morgan fingerprint density at radius 2 is 1.39 bits per heavy atom. The van der Waals surface area contributed by atoms with Crippen LogP contribution in [0.4, 0.5) is 0 Å². The highest BCUT2D eigenvalue weighted by atomic mass is 16.5. The number of unbranched alkanes of at least 4 members (excludes halogenated alkanes) is 9. The summed E-state index contributed by atoms with van der Waals surface area (Å²) in [5.74, 6) is -0.439. The molecule has 0 radical (unpaired) electrons. The summed E-state index contributed by atoms with van der Waals surface area (Å²) in [6.45, 7) is 4.41. The van der Waals surface area contributed by atoms with Crippen molar-refractivity contribution in [2.45, 2.75) is 116 Å². The summed E-state index contributed by atoms with van der Waals surface area (Å²) in [5, 5.41) is 10.3. The fraction of sp³-hybridized carbons (Fsp3) is 0.950. The van der Waals surface area contributed by atoms with E-state index in [1.165, 1.54) is 51.4 Å². The van der Waals surface area contributed by atoms with Gasteiger partial charge in [-0.1, -0.05) is 78.1 Å². The van der Waals surface area contributed by atoms with Gasteiger partial charge in [0.05, 0.1) is 12.0 Å². The van der Waals surface area contributed by atoms with Crippen LogP contribution in [0, 0.1) is 5.92 Å². The van der Waals surface area contributed by atoms with E-state index in [1.807, 2.05) is 0 Å². The van der Waals surface area contributed by atoms with Crippen LogP contribution in [0.1, 0.15) is 104 Å². The van der Waals surface area contributed by atoms with Crippen molar-refractivity contribution in [3.05, 3.63) is 0 Å². The van der Waals surface area contributed by atoms with E-state index in [2.05, 4.69) is 13.8 Å². The van der Waals surface area contributed by atoms with Gasteiger partial charge < -0.3 is 9.84 Å². The molecule has 0 bridgehead atoms. The van der Waals surface area contributed by atoms with E-state index in [0.29, 0.717) is 6.42 Å². The van der Waals surface area contributed by atoms with Crippen molar-refractivity contribution in [1.82, 2.24) is 0 Å². The van der Waals surface area contributed by atoms with Crippen molar-refractivity contribution in [3.8, 4) is 0 Å². The lowest BCUT2D eigenvalue weighted by atomic mass is 9.88. The summed E-state index contributed by atoms with van der Waals surface area (Å²) in [7, 11) is 0. The number of rotatable bonds is 13. The Morgan fingerprint density at radius 1 is 0.870 bits per heavy atom. The topological polar surface area (TPSA) is 46.5 Å². The summed E-state index contributed by atoms with van der Waals surface area (Å²) in [6, 6.07) is 0. The standard InChI is InChI=1S/C20H38O3/c1-3-5-7-9-10-11-12-14-17-16-19(21)18(20(22)23-17)15-13-8-6-4-2/h17-19,21H,3-16H2,1-2H3/t17-,18+,19+/m1/s1. The molecule has 1 N–H and O–H groups in total. The molecule has 0 aromatic rings. The number of aliphatic hydroxyl groups is 1. The molecule has 1 aliphatic heterocycles. The molecule has 1 fully saturated rings. The number of hydrogen-bond acceptors (Lipinski definition) is 3. The molecule has 0 amide bonds. The second kappa shape index (κ2) is 12.8. The average molecular weight is 327 g/mol. The Labute approximate surface area is 143 Å². The Kier molecular flexibility index (Phi) is 11.4. The molecule has 1 rings (SSSR count). The maximum Gasteiger partial charge on any atom is 0.311 e. The van der Waals surface area contributed by atoms with Crippen LogP contribution in [0.3, 0.4) is 0 Å². The molecule has 0 aliphatic carbocycles. The summed E-state index contributed by atoms with van der Waals surface area (Å²) in [4.78, 5) is 12.1. The van der Waals surface area contributed by atoms with Crippen LogP contribution < -0.4 is 0 Å². The van der Waals surface area contributed by atoms with Gasteiger partial charge in [-0.25, -0.2) is 0 Å². The third kappa shape index (κ3) is 8.74. The van der Waals surface area contributed by atoms with Crippen LogP contribution >= 0.6 is 0 Å². The molecule has 0 unspecified atom stereocenters. The lowest BCUT2D eigenvalue weighted by Gasteiger charge is -2.32. The lowest BCUT2D eigenvalue weighted by molar-refractivity contribution is -0.170. The van der Waals surface area contributed by atoms with Crippen LogP contribution in [0.5, 0.6) is 0 Å². The fourth-order valence-electron chi connectivity index (χ4n) is 3.50. The molecule has 136 valence electrons. The number of esters is 1. The van der Waals surface area contributed by atoms with Crippen molar-refractivity contribution >= 4 is 5.97 Å². The average Bonchev–Trinajstić information content (AvgIpc) is 2.52. The number of carbonyl (C=O) groups excluding carboxylic acids is 1. The van der Waals surface area contributed by atoms with E-state index in [1.54, 1.807) is 0 Å². The Morgan fingerprint density at radius 3 is 2.00 bits per heavy atom. The summed E-state index contributed by atoms with van der Waals surface area (Å²) >= 11 is 0. The van der Waals surface area contributed by atoms with E-state index in [9.17, 15) is 9.90 Å². The first-order valence-corrected chi connectivity index (χ1v) is 10.1. The Bertz CT molecular complexity index is 303. The van der Waals surface area contributed by atoms with Crippen molar-refractivity contribution in [2.24, 2.45) is 5.92 Å². The summed E-state index contributed by atoms with van der Waals surface area (Å²) < 4.78 is 5.57. The monoisotopic (exact) mass is 326 g/mol. The molecular formula is C20H38O3. The van der Waals surface area contributed by atoms with Gasteiger partial charge in [-0.05, 0) is 19.3 Å². The summed E-state index contributed by atoms with van der Waals surface area (Å²) in [6.07, 6.45) is 15.2. The van der Waals surface area contributed by atoms with Gasteiger partial charge in [0, 0.05) is 6.42 Å². The van der Waals surface area contributed by atoms with Gasteiger partial charge in [0.25, 0.3) is 0 Å². The molecule has 1 heterocycles. The van der Waals surface area contributed by atoms with Crippen molar-refractivity contribution in [2.75, 3.05) is 0 Å². The highest BCUT2D eigenvalue weighted by Gasteiger charge is 2.36. The molecule has 3 atom stereocenters. The van der Waals surface area contributed by atoms with Crippen LogP contribution in [-0.2, 0) is 9.53 Å². The van der Waals surface area contributed by atoms with Gasteiger partial charge in [0.15, 0.2) is 0 Å². The number of ether oxygens (including phenoxy) is 1. The van der Waals surface area contributed by atoms with Gasteiger partial charge in [0.2, 0.25) is 0 Å². The molecule has 0 aromatic carbocycles. The minimum absolute atomic E-state index is 0.0555. The molecular weight excluding hydrogens is 288 g/mol. The maximum absolute atomic E-state index is 12.1. The fourth-order valence-corrected chi connectivity index (χ4v) is 3.50. The first-order chi connectivity index (χ1) is 11.2. The predicted molar refractivity (Wildman–Crippen MR) is 95.4 cm³/mol. The largest absolute Gasteiger partial charge is 0.462 e. The highest BCUT2D eigenvalue weighted by Crippen LogP contribution is 2.28. The van der Waals surface area contributed by atoms with Gasteiger partial charge in [-0.2, -0.15) is 0 Å². The lowest BCUT2D eigenvalue weighted by Crippen LogP contribution is -2.41. The Balaban J connectivity index is 2.13. The number of carbonyl (C=O) groups is 1. The normalized spacial score (nSPS) is 24.7. The number of aliphatic hydroxyl groups excluding tert-OH is 1. The summed E-state index contributed by atoms with van der Waals surface area (Å²) in [5.41, 5.74) is 0. The third-order valence-corrected chi connectivity index (χ3v) is 5.05. The highest BCUT2D eigenvalue weighted by molar-refractivity contribution is 5.74. The molecule has 0 saturated carbocycles. The minimum Gasteiger partial charge on any atom is -0.462 e. The first-order valence-electron chi connectivity index (χ1n) is 10.1. The van der Waals surface area contributed by atoms with E-state index in [0.717, 1.165) is 32.1 Å². The van der Waals surface area contributed by atoms with Crippen molar-refractivity contribution in [3.63, 3.8) is 0 Å².